The Hall–Kier alpha value is 0.220. The van der Waals surface area contributed by atoms with Crippen molar-refractivity contribution in [2.75, 3.05) is 6.26 Å². The van der Waals surface area contributed by atoms with Crippen molar-refractivity contribution >= 4 is 34.9 Å². The lowest BCUT2D eigenvalue weighted by molar-refractivity contribution is 0.174. The van der Waals surface area contributed by atoms with Crippen LogP contribution in [0.25, 0.3) is 0 Å². The summed E-state index contributed by atoms with van der Waals surface area (Å²) >= 11 is 5.18. The molecule has 3 unspecified atom stereocenters. The third-order valence-corrected chi connectivity index (χ3v) is 7.24. The van der Waals surface area contributed by atoms with Gasteiger partial charge in [-0.3, -0.25) is 0 Å². The zero-order valence-corrected chi connectivity index (χ0v) is 14.5. The summed E-state index contributed by atoms with van der Waals surface area (Å²) in [5.74, 6) is 0.762. The molecular formula is C13H23N3S3. The number of hydrogen-bond donors (Lipinski definition) is 1. The van der Waals surface area contributed by atoms with Gasteiger partial charge in [-0.1, -0.05) is 55.6 Å². The monoisotopic (exact) mass is 317 g/mol. The molecule has 2 rings (SSSR count). The van der Waals surface area contributed by atoms with E-state index in [1.54, 1.807) is 23.1 Å². The van der Waals surface area contributed by atoms with Gasteiger partial charge in [-0.25, -0.2) is 0 Å². The van der Waals surface area contributed by atoms with E-state index in [0.717, 1.165) is 21.0 Å². The standard InChI is InChI=1S/C13H23N3S3/c1-13(2,3)8-5-6-9(14)10(7-8)18-12-16-15-11(17-4)19-12/h8-10H,5-7,14H2,1-4H3. The molecular weight excluding hydrogens is 294 g/mol. The fourth-order valence-corrected chi connectivity index (χ4v) is 5.48. The van der Waals surface area contributed by atoms with E-state index in [2.05, 4.69) is 31.0 Å². The highest BCUT2D eigenvalue weighted by molar-refractivity contribution is 8.03. The van der Waals surface area contributed by atoms with Gasteiger partial charge in [0.1, 0.15) is 0 Å². The van der Waals surface area contributed by atoms with Gasteiger partial charge in [0.15, 0.2) is 8.68 Å². The minimum Gasteiger partial charge on any atom is -0.327 e. The van der Waals surface area contributed by atoms with Gasteiger partial charge in [0, 0.05) is 11.3 Å². The molecule has 2 N–H and O–H groups in total. The molecule has 0 amide bonds. The minimum absolute atomic E-state index is 0.297. The molecule has 0 aromatic carbocycles. The van der Waals surface area contributed by atoms with Gasteiger partial charge in [-0.2, -0.15) is 0 Å². The maximum absolute atomic E-state index is 6.30. The molecule has 0 radical (unpaired) electrons. The van der Waals surface area contributed by atoms with Crippen LogP contribution in [-0.2, 0) is 0 Å². The van der Waals surface area contributed by atoms with E-state index in [1.807, 2.05) is 18.0 Å². The zero-order chi connectivity index (χ0) is 14.0. The molecule has 0 bridgehead atoms. The lowest BCUT2D eigenvalue weighted by Gasteiger charge is -2.40. The van der Waals surface area contributed by atoms with Gasteiger partial charge in [0.05, 0.1) is 0 Å². The van der Waals surface area contributed by atoms with Gasteiger partial charge < -0.3 is 5.73 Å². The summed E-state index contributed by atoms with van der Waals surface area (Å²) in [6, 6.07) is 0.297. The second kappa shape index (κ2) is 6.33. The number of thioether (sulfide) groups is 2. The van der Waals surface area contributed by atoms with E-state index >= 15 is 0 Å². The van der Waals surface area contributed by atoms with Crippen LogP contribution in [0.4, 0.5) is 0 Å². The quantitative estimate of drug-likeness (QED) is 0.857. The molecule has 1 aliphatic rings. The van der Waals surface area contributed by atoms with Gasteiger partial charge in [-0.15, -0.1) is 10.2 Å². The van der Waals surface area contributed by atoms with Crippen molar-refractivity contribution in [3.05, 3.63) is 0 Å². The maximum Gasteiger partial charge on any atom is 0.175 e. The first kappa shape index (κ1) is 15.6. The molecule has 1 aliphatic carbocycles. The van der Waals surface area contributed by atoms with Gasteiger partial charge >= 0.3 is 0 Å². The lowest BCUT2D eigenvalue weighted by Crippen LogP contribution is -2.41. The van der Waals surface area contributed by atoms with E-state index in [0.29, 0.717) is 16.7 Å². The summed E-state index contributed by atoms with van der Waals surface area (Å²) < 4.78 is 2.11. The molecule has 1 aromatic rings. The molecule has 1 saturated carbocycles. The van der Waals surface area contributed by atoms with E-state index in [4.69, 9.17) is 5.73 Å². The van der Waals surface area contributed by atoms with Crippen molar-refractivity contribution < 1.29 is 0 Å². The molecule has 1 aromatic heterocycles. The largest absolute Gasteiger partial charge is 0.327 e. The van der Waals surface area contributed by atoms with Gasteiger partial charge in [0.25, 0.3) is 0 Å². The van der Waals surface area contributed by atoms with Crippen molar-refractivity contribution in [3.8, 4) is 0 Å². The Balaban J connectivity index is 2.01. The highest BCUT2D eigenvalue weighted by Gasteiger charge is 2.35. The first-order chi connectivity index (χ1) is 8.90. The van der Waals surface area contributed by atoms with E-state index in [1.165, 1.54) is 12.8 Å². The molecule has 0 aliphatic heterocycles. The molecule has 3 nitrogen and oxygen atoms in total. The zero-order valence-electron chi connectivity index (χ0n) is 12.0. The van der Waals surface area contributed by atoms with Gasteiger partial charge in [-0.05, 0) is 36.9 Å². The van der Waals surface area contributed by atoms with E-state index < -0.39 is 0 Å². The third kappa shape index (κ3) is 4.09. The molecule has 1 fully saturated rings. The molecule has 108 valence electrons. The van der Waals surface area contributed by atoms with E-state index in [-0.39, 0.29) is 0 Å². The van der Waals surface area contributed by atoms with Crippen molar-refractivity contribution in [2.24, 2.45) is 17.1 Å². The van der Waals surface area contributed by atoms with Gasteiger partial charge in [0.2, 0.25) is 0 Å². The van der Waals surface area contributed by atoms with Crippen LogP contribution >= 0.6 is 34.9 Å². The smallest absolute Gasteiger partial charge is 0.175 e. The average molecular weight is 318 g/mol. The molecule has 19 heavy (non-hydrogen) atoms. The molecule has 0 saturated heterocycles. The lowest BCUT2D eigenvalue weighted by atomic mass is 9.71. The maximum atomic E-state index is 6.30. The summed E-state index contributed by atoms with van der Waals surface area (Å²) in [6.07, 6.45) is 5.63. The average Bonchev–Trinajstić information content (AvgIpc) is 2.78. The normalized spacial score (nSPS) is 28.6. The summed E-state index contributed by atoms with van der Waals surface area (Å²) in [5.41, 5.74) is 6.68. The Morgan fingerprint density at radius 2 is 1.89 bits per heavy atom. The number of nitrogens with two attached hydrogens (primary N) is 1. The number of nitrogens with zero attached hydrogens (tertiary/aromatic N) is 2. The van der Waals surface area contributed by atoms with Crippen LogP contribution < -0.4 is 5.73 Å². The van der Waals surface area contributed by atoms with Crippen molar-refractivity contribution in [2.45, 2.75) is 60.0 Å². The van der Waals surface area contributed by atoms with Crippen LogP contribution in [0.3, 0.4) is 0 Å². The third-order valence-electron chi connectivity index (χ3n) is 3.88. The summed E-state index contributed by atoms with van der Waals surface area (Å²) in [7, 11) is 0. The van der Waals surface area contributed by atoms with Crippen molar-refractivity contribution in [3.63, 3.8) is 0 Å². The second-order valence-electron chi connectivity index (χ2n) is 6.23. The molecule has 0 spiro atoms. The van der Waals surface area contributed by atoms with Crippen molar-refractivity contribution in [1.82, 2.24) is 10.2 Å². The highest BCUT2D eigenvalue weighted by Crippen LogP contribution is 2.43. The van der Waals surface area contributed by atoms with Crippen LogP contribution in [-0.4, -0.2) is 27.7 Å². The predicted octanol–water partition coefficient (Wildman–Crippen LogP) is 3.89. The Labute approximate surface area is 128 Å². The molecule has 1 heterocycles. The van der Waals surface area contributed by atoms with Crippen LogP contribution in [0, 0.1) is 11.3 Å². The minimum atomic E-state index is 0.297. The fraction of sp³-hybridized carbons (Fsp3) is 0.846. The predicted molar refractivity (Wildman–Crippen MR) is 86.1 cm³/mol. The van der Waals surface area contributed by atoms with Crippen molar-refractivity contribution in [1.29, 1.82) is 0 Å². The molecule has 6 heteroatoms. The highest BCUT2D eigenvalue weighted by atomic mass is 32.2. The van der Waals surface area contributed by atoms with E-state index in [9.17, 15) is 0 Å². The first-order valence-electron chi connectivity index (χ1n) is 6.70. The Kier molecular flexibility index (Phi) is 5.20. The second-order valence-corrected chi connectivity index (χ2v) is 9.75. The SMILES string of the molecule is CSc1nnc(SC2CC(C(C)(C)C)CCC2N)s1. The Bertz CT molecular complexity index is 414. The van der Waals surface area contributed by atoms with Crippen LogP contribution in [0.1, 0.15) is 40.0 Å². The fourth-order valence-electron chi connectivity index (χ4n) is 2.53. The Morgan fingerprint density at radius 3 is 2.47 bits per heavy atom. The summed E-state index contributed by atoms with van der Waals surface area (Å²) in [5, 5.41) is 8.91. The number of aromatic nitrogens is 2. The number of hydrogen-bond acceptors (Lipinski definition) is 6. The topological polar surface area (TPSA) is 51.8 Å². The van der Waals surface area contributed by atoms with Crippen LogP contribution in [0.15, 0.2) is 8.68 Å². The summed E-state index contributed by atoms with van der Waals surface area (Å²) in [6.45, 7) is 7.02. The molecule has 3 atom stereocenters. The van der Waals surface area contributed by atoms with Crippen LogP contribution in [0.2, 0.25) is 0 Å². The summed E-state index contributed by atoms with van der Waals surface area (Å²) in [4.78, 5) is 0. The van der Waals surface area contributed by atoms with Crippen LogP contribution in [0.5, 0.6) is 0 Å². The Morgan fingerprint density at radius 1 is 1.21 bits per heavy atom. The first-order valence-corrected chi connectivity index (χ1v) is 9.62. The number of rotatable bonds is 3.